The summed E-state index contributed by atoms with van der Waals surface area (Å²) in [5.41, 5.74) is 0. The van der Waals surface area contributed by atoms with E-state index in [4.69, 9.17) is 63.0 Å². The number of amidine groups is 2. The number of hydrogen-bond acceptors (Lipinski definition) is 3. The van der Waals surface area contributed by atoms with Crippen molar-refractivity contribution in [1.29, 1.82) is 0 Å². The quantitative estimate of drug-likeness (QED) is 0.171. The number of alkyl halides is 2. The van der Waals surface area contributed by atoms with Crippen molar-refractivity contribution in [2.45, 2.75) is 12.8 Å². The van der Waals surface area contributed by atoms with Gasteiger partial charge in [0.15, 0.2) is 0 Å². The predicted molar refractivity (Wildman–Crippen MR) is 115 cm³/mol. The Bertz CT molecular complexity index is 514. The zero-order valence-electron chi connectivity index (χ0n) is 14.6. The molecule has 0 N–H and O–H groups in total. The summed E-state index contributed by atoms with van der Waals surface area (Å²) < 4.78 is 12.7. The summed E-state index contributed by atoms with van der Waals surface area (Å²) in [4.78, 5) is 0. The number of hydrogen-bond donors (Lipinski definition) is 0. The Kier molecular flexibility index (Phi) is 15.5. The molecule has 160 valence electrons. The van der Waals surface area contributed by atoms with Crippen molar-refractivity contribution in [3.05, 3.63) is 0 Å². The van der Waals surface area contributed by atoms with Gasteiger partial charge in [-0.1, -0.05) is 0 Å². The average Bonchev–Trinajstić information content (AvgIpc) is 3.02. The molecule has 1 saturated heterocycles. The Balaban J connectivity index is 0.000000662. The van der Waals surface area contributed by atoms with Crippen LogP contribution in [0.4, 0.5) is 0 Å². The third-order valence-electron chi connectivity index (χ3n) is 3.85. The van der Waals surface area contributed by atoms with E-state index in [9.17, 15) is 0 Å². The largest absolute Gasteiger partial charge is 1.00 e. The molecule has 0 spiro atoms. The normalized spacial score (nSPS) is 20.7. The van der Waals surface area contributed by atoms with Crippen LogP contribution in [0.25, 0.3) is 0 Å². The van der Waals surface area contributed by atoms with Crippen molar-refractivity contribution in [2.75, 3.05) is 45.6 Å². The molecule has 0 aromatic rings. The zero-order valence-corrected chi connectivity index (χ0v) is 25.2. The minimum atomic E-state index is -1.77. The monoisotopic (exact) mass is 683 g/mol. The molecular formula is C11H20As2Cl8N5P. The predicted octanol–water partition coefficient (Wildman–Crippen LogP) is -2.62. The molecule has 0 aromatic carbocycles. The van der Waals surface area contributed by atoms with Crippen LogP contribution >= 0.6 is 71.4 Å². The van der Waals surface area contributed by atoms with Gasteiger partial charge in [-0.3, -0.25) is 0 Å². The third kappa shape index (κ3) is 6.87. The molecule has 0 amide bonds. The molecule has 1 fully saturated rings. The molecule has 0 atom stereocenters. The van der Waals surface area contributed by atoms with E-state index in [-0.39, 0.29) is 38.5 Å². The Morgan fingerprint density at radius 3 is 1.63 bits per heavy atom. The van der Waals surface area contributed by atoms with Gasteiger partial charge in [0, 0.05) is 0 Å². The second-order valence-corrected chi connectivity index (χ2v) is 22.0. The van der Waals surface area contributed by atoms with Gasteiger partial charge in [-0.15, -0.1) is 23.2 Å². The summed E-state index contributed by atoms with van der Waals surface area (Å²) in [6, 6.07) is 0. The Labute approximate surface area is 211 Å². The molecule has 0 aromatic heterocycles. The SMILES string of the molecule is CN(C)P1N2CCC[N+]3=C2C2=[N+](CCCN21)[As]3Cl.ClCCl.Cl[As](Cl)Cl.[Cl-].[Cl-]. The van der Waals surface area contributed by atoms with Crippen molar-refractivity contribution >= 4 is 109 Å². The van der Waals surface area contributed by atoms with Crippen LogP contribution in [0.3, 0.4) is 0 Å². The molecule has 4 heterocycles. The summed E-state index contributed by atoms with van der Waals surface area (Å²) in [6.07, 6.45) is 2.51. The maximum absolute atomic E-state index is 6.77. The molecule has 4 rings (SSSR count). The molecule has 16 heteroatoms. The van der Waals surface area contributed by atoms with Crippen molar-refractivity contribution in [2.24, 2.45) is 0 Å². The minimum absolute atomic E-state index is 0. The van der Waals surface area contributed by atoms with Gasteiger partial charge in [0.05, 0.1) is 5.34 Å². The van der Waals surface area contributed by atoms with Crippen LogP contribution in [0.1, 0.15) is 12.8 Å². The Morgan fingerprint density at radius 1 is 1.00 bits per heavy atom. The fourth-order valence-electron chi connectivity index (χ4n) is 3.25. The van der Waals surface area contributed by atoms with Gasteiger partial charge in [0.2, 0.25) is 0 Å². The fourth-order valence-corrected chi connectivity index (χ4v) is 10.9. The van der Waals surface area contributed by atoms with Crippen molar-refractivity contribution in [1.82, 2.24) is 14.0 Å². The van der Waals surface area contributed by atoms with Gasteiger partial charge in [-0.05, 0) is 0 Å². The van der Waals surface area contributed by atoms with E-state index in [2.05, 4.69) is 35.1 Å². The molecule has 27 heavy (non-hydrogen) atoms. The topological polar surface area (TPSA) is 15.7 Å². The van der Waals surface area contributed by atoms with Crippen LogP contribution in [0.15, 0.2) is 0 Å². The zero-order chi connectivity index (χ0) is 18.7. The van der Waals surface area contributed by atoms with Gasteiger partial charge in [0.25, 0.3) is 0 Å². The van der Waals surface area contributed by atoms with Crippen LogP contribution in [0.5, 0.6) is 0 Å². The van der Waals surface area contributed by atoms with Gasteiger partial charge >= 0.3 is 160 Å². The van der Waals surface area contributed by atoms with Crippen LogP contribution in [-0.2, 0) is 0 Å². The molecule has 4 aliphatic heterocycles. The second kappa shape index (κ2) is 14.0. The van der Waals surface area contributed by atoms with E-state index in [0.717, 1.165) is 0 Å². The fraction of sp³-hybridized carbons (Fsp3) is 0.818. The van der Waals surface area contributed by atoms with E-state index >= 15 is 0 Å². The first kappa shape index (κ1) is 29.8. The van der Waals surface area contributed by atoms with Crippen LogP contribution in [0.2, 0.25) is 0 Å². The van der Waals surface area contributed by atoms with Gasteiger partial charge in [-0.25, -0.2) is 0 Å². The smallest absolute Gasteiger partial charge is 1.00 e. The summed E-state index contributed by atoms with van der Waals surface area (Å²) in [5.74, 6) is 2.94. The molecule has 4 aliphatic rings. The summed E-state index contributed by atoms with van der Waals surface area (Å²) >= 11 is 6.26. The van der Waals surface area contributed by atoms with Gasteiger partial charge < -0.3 is 24.8 Å². The number of rotatable bonds is 1. The molecule has 0 bridgehead atoms. The van der Waals surface area contributed by atoms with E-state index in [1.807, 2.05) is 0 Å². The van der Waals surface area contributed by atoms with Crippen molar-refractivity contribution in [3.63, 3.8) is 0 Å². The van der Waals surface area contributed by atoms with E-state index in [0.29, 0.717) is 0 Å². The maximum atomic E-state index is 6.77. The molecule has 0 aliphatic carbocycles. The van der Waals surface area contributed by atoms with E-state index < -0.39 is 26.0 Å². The summed E-state index contributed by atoms with van der Waals surface area (Å²) in [5, 5.41) is 0.194. The first-order valence-corrected chi connectivity index (χ1v) is 21.3. The first-order chi connectivity index (χ1) is 11.8. The molecular weight excluding hydrogens is 667 g/mol. The van der Waals surface area contributed by atoms with Crippen molar-refractivity contribution < 1.29 is 31.8 Å². The maximum Gasteiger partial charge on any atom is -1.00 e. The average molecular weight is 687 g/mol. The standard InChI is InChI=1S/C10H18AsClN5P.CH2Cl2.AsCl3.2ClH/c1-13(2)18-16-7-3-5-14-9(16)10-15(11(14)12)6-4-8-17(10)18;2-1-3;2-1(3)4;;/h3-8H2,1-2H3;1H2;;2*1H/q+2;;;;/p-2. The van der Waals surface area contributed by atoms with E-state index in [1.54, 1.807) is 0 Å². The molecule has 5 nitrogen and oxygen atoms in total. The van der Waals surface area contributed by atoms with Crippen molar-refractivity contribution in [3.8, 4) is 0 Å². The van der Waals surface area contributed by atoms with Crippen LogP contribution < -0.4 is 24.8 Å². The number of halogens is 8. The second-order valence-electron chi connectivity index (χ2n) is 5.50. The first-order valence-electron chi connectivity index (χ1n) is 7.51. The Hall–Kier alpha value is 2.77. The molecule has 0 radical (unpaired) electrons. The molecule has 0 saturated carbocycles. The Morgan fingerprint density at radius 2 is 1.33 bits per heavy atom. The summed E-state index contributed by atoms with van der Waals surface area (Å²) in [6.45, 7) is 4.73. The van der Waals surface area contributed by atoms with E-state index in [1.165, 1.54) is 50.7 Å². The number of nitrogens with zero attached hydrogens (tertiary/aromatic N) is 5. The van der Waals surface area contributed by atoms with Gasteiger partial charge in [-0.2, -0.15) is 0 Å². The third-order valence-corrected chi connectivity index (χ3v) is 11.4. The van der Waals surface area contributed by atoms with Gasteiger partial charge in [0.1, 0.15) is 0 Å². The summed E-state index contributed by atoms with van der Waals surface area (Å²) in [7, 11) is 25.7. The van der Waals surface area contributed by atoms with Crippen LogP contribution in [-0.4, -0.2) is 104 Å². The van der Waals surface area contributed by atoms with Crippen LogP contribution in [0, 0.1) is 0 Å². The minimum Gasteiger partial charge on any atom is -1.00 e. The molecule has 0 unspecified atom stereocenters.